The standard InChI is InChI=1S/C18H19NO2/c1-13-6-8-14(9-7-13)12-18(21)19-11-10-17(20)15-4-2-3-5-16(15)19/h2-9,17,20H,10-12H2,1H3. The molecule has 0 saturated heterocycles. The SMILES string of the molecule is Cc1ccc(CC(=O)N2CCC(O)c3ccccc32)cc1. The molecule has 2 aromatic rings. The van der Waals surface area contributed by atoms with Crippen molar-refractivity contribution in [2.45, 2.75) is 25.9 Å². The van der Waals surface area contributed by atoms with Gasteiger partial charge in [0.05, 0.1) is 12.5 Å². The first-order valence-corrected chi connectivity index (χ1v) is 7.28. The number of carbonyl (C=O) groups is 1. The summed E-state index contributed by atoms with van der Waals surface area (Å²) in [4.78, 5) is 14.4. The number of aliphatic hydroxyl groups is 1. The van der Waals surface area contributed by atoms with Gasteiger partial charge >= 0.3 is 0 Å². The van der Waals surface area contributed by atoms with Crippen molar-refractivity contribution >= 4 is 11.6 Å². The molecule has 0 spiro atoms. The van der Waals surface area contributed by atoms with E-state index in [-0.39, 0.29) is 5.91 Å². The summed E-state index contributed by atoms with van der Waals surface area (Å²) in [5, 5.41) is 10.0. The zero-order valence-electron chi connectivity index (χ0n) is 12.1. The molecular formula is C18H19NO2. The molecule has 1 heterocycles. The van der Waals surface area contributed by atoms with Crippen LogP contribution in [0.5, 0.6) is 0 Å². The van der Waals surface area contributed by atoms with E-state index in [1.54, 1.807) is 4.90 Å². The Morgan fingerprint density at radius 3 is 2.67 bits per heavy atom. The number of carbonyl (C=O) groups excluding carboxylic acids is 1. The molecule has 2 aromatic carbocycles. The molecule has 3 nitrogen and oxygen atoms in total. The molecule has 0 radical (unpaired) electrons. The number of hydrogen-bond acceptors (Lipinski definition) is 2. The fourth-order valence-corrected chi connectivity index (χ4v) is 2.78. The van der Waals surface area contributed by atoms with Crippen LogP contribution in [0.3, 0.4) is 0 Å². The highest BCUT2D eigenvalue weighted by atomic mass is 16.3. The van der Waals surface area contributed by atoms with Crippen molar-refractivity contribution < 1.29 is 9.90 Å². The number of benzene rings is 2. The Hall–Kier alpha value is -2.13. The smallest absolute Gasteiger partial charge is 0.231 e. The Bertz CT molecular complexity index is 649. The molecule has 1 unspecified atom stereocenters. The van der Waals surface area contributed by atoms with Crippen LogP contribution in [0.15, 0.2) is 48.5 Å². The normalized spacial score (nSPS) is 17.4. The van der Waals surface area contributed by atoms with Crippen molar-refractivity contribution in [1.82, 2.24) is 0 Å². The Balaban J connectivity index is 1.82. The number of para-hydroxylation sites is 1. The molecule has 1 atom stereocenters. The molecule has 1 N–H and O–H groups in total. The molecule has 1 amide bonds. The summed E-state index contributed by atoms with van der Waals surface area (Å²) in [5.74, 6) is 0.0817. The molecule has 3 rings (SSSR count). The van der Waals surface area contributed by atoms with E-state index < -0.39 is 6.10 Å². The molecule has 1 aliphatic heterocycles. The number of hydrogen-bond donors (Lipinski definition) is 1. The Morgan fingerprint density at radius 1 is 1.19 bits per heavy atom. The lowest BCUT2D eigenvalue weighted by atomic mass is 9.98. The first-order valence-electron chi connectivity index (χ1n) is 7.28. The quantitative estimate of drug-likeness (QED) is 0.919. The van der Waals surface area contributed by atoms with Crippen LogP contribution in [-0.4, -0.2) is 17.6 Å². The number of aliphatic hydroxyl groups excluding tert-OH is 1. The van der Waals surface area contributed by atoms with Gasteiger partial charge in [0.15, 0.2) is 0 Å². The molecule has 21 heavy (non-hydrogen) atoms. The van der Waals surface area contributed by atoms with Gasteiger partial charge in [0, 0.05) is 17.8 Å². The lowest BCUT2D eigenvalue weighted by molar-refractivity contribution is -0.118. The van der Waals surface area contributed by atoms with Crippen molar-refractivity contribution in [3.05, 3.63) is 65.2 Å². The maximum absolute atomic E-state index is 12.6. The molecule has 1 aliphatic rings. The van der Waals surface area contributed by atoms with E-state index >= 15 is 0 Å². The topological polar surface area (TPSA) is 40.5 Å². The van der Waals surface area contributed by atoms with E-state index in [2.05, 4.69) is 0 Å². The van der Waals surface area contributed by atoms with Crippen molar-refractivity contribution in [2.24, 2.45) is 0 Å². The molecule has 0 aliphatic carbocycles. The minimum atomic E-state index is -0.468. The van der Waals surface area contributed by atoms with Gasteiger partial charge in [0.25, 0.3) is 0 Å². The molecule has 0 aromatic heterocycles. The third-order valence-corrected chi connectivity index (χ3v) is 3.99. The van der Waals surface area contributed by atoms with Crippen LogP contribution in [0.4, 0.5) is 5.69 Å². The predicted molar refractivity (Wildman–Crippen MR) is 83.3 cm³/mol. The van der Waals surface area contributed by atoms with Crippen LogP contribution >= 0.6 is 0 Å². The van der Waals surface area contributed by atoms with Gasteiger partial charge in [-0.05, 0) is 25.0 Å². The Morgan fingerprint density at radius 2 is 1.90 bits per heavy atom. The van der Waals surface area contributed by atoms with E-state index in [9.17, 15) is 9.90 Å². The van der Waals surface area contributed by atoms with Crippen LogP contribution in [0.2, 0.25) is 0 Å². The second-order valence-electron chi connectivity index (χ2n) is 5.57. The van der Waals surface area contributed by atoms with Crippen LogP contribution in [-0.2, 0) is 11.2 Å². The van der Waals surface area contributed by atoms with E-state index in [0.717, 1.165) is 16.8 Å². The monoisotopic (exact) mass is 281 g/mol. The van der Waals surface area contributed by atoms with Crippen molar-refractivity contribution in [3.8, 4) is 0 Å². The molecule has 0 bridgehead atoms. The highest BCUT2D eigenvalue weighted by Gasteiger charge is 2.26. The highest BCUT2D eigenvalue weighted by Crippen LogP contribution is 2.33. The Kier molecular flexibility index (Phi) is 3.76. The summed E-state index contributed by atoms with van der Waals surface area (Å²) in [7, 11) is 0. The number of fused-ring (bicyclic) bond motifs is 1. The number of nitrogens with zero attached hydrogens (tertiary/aromatic N) is 1. The maximum Gasteiger partial charge on any atom is 0.231 e. The fourth-order valence-electron chi connectivity index (χ4n) is 2.78. The minimum absolute atomic E-state index is 0.0817. The van der Waals surface area contributed by atoms with Gasteiger partial charge in [-0.15, -0.1) is 0 Å². The maximum atomic E-state index is 12.6. The van der Waals surface area contributed by atoms with E-state index in [1.165, 1.54) is 5.56 Å². The molecule has 108 valence electrons. The van der Waals surface area contributed by atoms with Gasteiger partial charge < -0.3 is 10.0 Å². The van der Waals surface area contributed by atoms with E-state index in [0.29, 0.717) is 19.4 Å². The lowest BCUT2D eigenvalue weighted by Crippen LogP contribution is -2.37. The summed E-state index contributed by atoms with van der Waals surface area (Å²) in [6.07, 6.45) is 0.520. The largest absolute Gasteiger partial charge is 0.388 e. The van der Waals surface area contributed by atoms with Crippen molar-refractivity contribution in [1.29, 1.82) is 0 Å². The molecular weight excluding hydrogens is 262 g/mol. The summed E-state index contributed by atoms with van der Waals surface area (Å²) in [6, 6.07) is 15.7. The average molecular weight is 281 g/mol. The third kappa shape index (κ3) is 2.83. The summed E-state index contributed by atoms with van der Waals surface area (Å²) >= 11 is 0. The predicted octanol–water partition coefficient (Wildman–Crippen LogP) is 3.01. The van der Waals surface area contributed by atoms with Crippen molar-refractivity contribution in [2.75, 3.05) is 11.4 Å². The number of rotatable bonds is 2. The van der Waals surface area contributed by atoms with Crippen LogP contribution in [0.25, 0.3) is 0 Å². The second kappa shape index (κ2) is 5.70. The van der Waals surface area contributed by atoms with E-state index in [1.807, 2.05) is 55.5 Å². The van der Waals surface area contributed by atoms with Gasteiger partial charge in [-0.2, -0.15) is 0 Å². The van der Waals surface area contributed by atoms with Gasteiger partial charge in [0.2, 0.25) is 5.91 Å². The third-order valence-electron chi connectivity index (χ3n) is 3.99. The number of amides is 1. The average Bonchev–Trinajstić information content (AvgIpc) is 2.50. The second-order valence-corrected chi connectivity index (χ2v) is 5.57. The van der Waals surface area contributed by atoms with Gasteiger partial charge in [-0.1, -0.05) is 48.0 Å². The molecule has 3 heteroatoms. The first kappa shape index (κ1) is 13.8. The highest BCUT2D eigenvalue weighted by molar-refractivity contribution is 5.96. The van der Waals surface area contributed by atoms with Crippen LogP contribution in [0.1, 0.15) is 29.2 Å². The van der Waals surface area contributed by atoms with Gasteiger partial charge in [-0.3, -0.25) is 4.79 Å². The molecule has 0 fully saturated rings. The number of anilines is 1. The van der Waals surface area contributed by atoms with Crippen LogP contribution in [0, 0.1) is 6.92 Å². The first-order chi connectivity index (χ1) is 10.1. The summed E-state index contributed by atoms with van der Waals surface area (Å²) < 4.78 is 0. The molecule has 0 saturated carbocycles. The summed E-state index contributed by atoms with van der Waals surface area (Å²) in [5.41, 5.74) is 3.90. The van der Waals surface area contributed by atoms with Gasteiger partial charge in [0.1, 0.15) is 0 Å². The summed E-state index contributed by atoms with van der Waals surface area (Å²) in [6.45, 7) is 2.61. The zero-order valence-corrected chi connectivity index (χ0v) is 12.1. The lowest BCUT2D eigenvalue weighted by Gasteiger charge is -2.32. The minimum Gasteiger partial charge on any atom is -0.388 e. The van der Waals surface area contributed by atoms with Crippen LogP contribution < -0.4 is 4.90 Å². The fraction of sp³-hybridized carbons (Fsp3) is 0.278. The van der Waals surface area contributed by atoms with Crippen molar-refractivity contribution in [3.63, 3.8) is 0 Å². The Labute approximate surface area is 124 Å². The van der Waals surface area contributed by atoms with E-state index in [4.69, 9.17) is 0 Å². The van der Waals surface area contributed by atoms with Gasteiger partial charge in [-0.25, -0.2) is 0 Å². The zero-order chi connectivity index (χ0) is 14.8. The number of aryl methyl sites for hydroxylation is 1.